The van der Waals surface area contributed by atoms with E-state index >= 15 is 0 Å². The Balaban J connectivity index is 2.15. The fraction of sp³-hybridized carbons (Fsp3) is 0.143. The molecule has 0 unspecified atom stereocenters. The van der Waals surface area contributed by atoms with E-state index in [1.807, 2.05) is 0 Å². The van der Waals surface area contributed by atoms with Gasteiger partial charge in [0.05, 0.1) is 5.56 Å². The predicted molar refractivity (Wildman–Crippen MR) is 76.8 cm³/mol. The summed E-state index contributed by atoms with van der Waals surface area (Å²) in [7, 11) is 0. The second-order valence-electron chi connectivity index (χ2n) is 4.27. The molecule has 2 aromatic carbocycles. The van der Waals surface area contributed by atoms with Crippen molar-refractivity contribution in [3.05, 3.63) is 58.4 Å². The quantitative estimate of drug-likeness (QED) is 0.463. The summed E-state index contributed by atoms with van der Waals surface area (Å²) in [5.74, 6) is -0.109. The number of halogens is 5. The Hall–Kier alpha value is -1.40. The van der Waals surface area contributed by atoms with E-state index in [2.05, 4.69) is 0 Å². The molecular formula is C14H10ClF4NS. The lowest BCUT2D eigenvalue weighted by molar-refractivity contribution is -0.137. The molecule has 7 heteroatoms. The molecule has 1 nitrogen and oxygen atoms in total. The molecule has 0 fully saturated rings. The van der Waals surface area contributed by atoms with E-state index in [0.29, 0.717) is 21.2 Å². The Kier molecular flexibility index (Phi) is 4.68. The predicted octanol–water partition coefficient (Wildman–Crippen LogP) is 5.37. The van der Waals surface area contributed by atoms with Crippen molar-refractivity contribution in [3.63, 3.8) is 0 Å². The molecule has 2 aromatic rings. The third kappa shape index (κ3) is 4.04. The molecule has 112 valence electrons. The van der Waals surface area contributed by atoms with E-state index in [1.165, 1.54) is 36.0 Å². The molecule has 2 N–H and O–H groups in total. The maximum Gasteiger partial charge on any atom is 0.416 e. The molecule has 0 aliphatic rings. The number of hydrogen-bond acceptors (Lipinski definition) is 2. The number of benzene rings is 2. The van der Waals surface area contributed by atoms with Crippen LogP contribution in [0.5, 0.6) is 0 Å². The van der Waals surface area contributed by atoms with Crippen LogP contribution in [0.2, 0.25) is 5.02 Å². The first kappa shape index (κ1) is 16.0. The average Bonchev–Trinajstić information content (AvgIpc) is 2.40. The summed E-state index contributed by atoms with van der Waals surface area (Å²) in [6.07, 6.45) is -4.43. The number of rotatable bonds is 3. The zero-order chi connectivity index (χ0) is 15.6. The SMILES string of the molecule is Nc1cc(C(F)(F)F)ccc1SCc1cc(F)ccc1Cl. The van der Waals surface area contributed by atoms with Crippen molar-refractivity contribution in [2.75, 3.05) is 5.73 Å². The van der Waals surface area contributed by atoms with Gasteiger partial charge < -0.3 is 5.73 Å². The van der Waals surface area contributed by atoms with Crippen LogP contribution < -0.4 is 5.73 Å². The molecule has 0 saturated carbocycles. The molecular weight excluding hydrogens is 326 g/mol. The zero-order valence-electron chi connectivity index (χ0n) is 10.5. The van der Waals surface area contributed by atoms with E-state index in [9.17, 15) is 17.6 Å². The van der Waals surface area contributed by atoms with Crippen LogP contribution in [0.25, 0.3) is 0 Å². The summed E-state index contributed by atoms with van der Waals surface area (Å²) in [6, 6.07) is 7.11. The summed E-state index contributed by atoms with van der Waals surface area (Å²) < 4.78 is 50.7. The number of anilines is 1. The van der Waals surface area contributed by atoms with Gasteiger partial charge in [-0.25, -0.2) is 4.39 Å². The van der Waals surface area contributed by atoms with Gasteiger partial charge in [-0.15, -0.1) is 11.8 Å². The molecule has 0 heterocycles. The van der Waals surface area contributed by atoms with Gasteiger partial charge in [0.1, 0.15) is 5.82 Å². The zero-order valence-corrected chi connectivity index (χ0v) is 12.1. The fourth-order valence-electron chi connectivity index (χ4n) is 1.67. The molecule has 0 aliphatic carbocycles. The maximum absolute atomic E-state index is 13.1. The van der Waals surface area contributed by atoms with Crippen LogP contribution in [0, 0.1) is 5.82 Å². The van der Waals surface area contributed by atoms with Crippen molar-refractivity contribution in [2.24, 2.45) is 0 Å². The first-order valence-electron chi connectivity index (χ1n) is 5.81. The molecule has 0 aromatic heterocycles. The lowest BCUT2D eigenvalue weighted by Crippen LogP contribution is -2.05. The van der Waals surface area contributed by atoms with Gasteiger partial charge in [0.15, 0.2) is 0 Å². The van der Waals surface area contributed by atoms with E-state index in [-0.39, 0.29) is 5.69 Å². The van der Waals surface area contributed by atoms with Gasteiger partial charge in [-0.1, -0.05) is 11.6 Å². The van der Waals surface area contributed by atoms with E-state index < -0.39 is 17.6 Å². The number of nitrogen functional groups attached to an aromatic ring is 1. The highest BCUT2D eigenvalue weighted by molar-refractivity contribution is 7.98. The largest absolute Gasteiger partial charge is 0.416 e. The Morgan fingerprint density at radius 2 is 1.81 bits per heavy atom. The molecule has 0 saturated heterocycles. The van der Waals surface area contributed by atoms with Crippen LogP contribution in [0.3, 0.4) is 0 Å². The number of nitrogens with two attached hydrogens (primary N) is 1. The molecule has 0 radical (unpaired) electrons. The van der Waals surface area contributed by atoms with Crippen molar-refractivity contribution in [1.82, 2.24) is 0 Å². The Bertz CT molecular complexity index is 658. The minimum Gasteiger partial charge on any atom is -0.398 e. The summed E-state index contributed by atoms with van der Waals surface area (Å²) in [5, 5.41) is 0.398. The van der Waals surface area contributed by atoms with Gasteiger partial charge in [0.2, 0.25) is 0 Å². The third-order valence-corrected chi connectivity index (χ3v) is 4.23. The lowest BCUT2D eigenvalue weighted by Gasteiger charge is -2.11. The molecule has 21 heavy (non-hydrogen) atoms. The Morgan fingerprint density at radius 1 is 1.10 bits per heavy atom. The molecule has 0 atom stereocenters. The van der Waals surface area contributed by atoms with Gasteiger partial charge in [-0.3, -0.25) is 0 Å². The van der Waals surface area contributed by atoms with Crippen molar-refractivity contribution in [1.29, 1.82) is 0 Å². The van der Waals surface area contributed by atoms with Crippen molar-refractivity contribution in [2.45, 2.75) is 16.8 Å². The monoisotopic (exact) mass is 335 g/mol. The summed E-state index contributed by atoms with van der Waals surface area (Å²) in [4.78, 5) is 0.489. The van der Waals surface area contributed by atoms with E-state index in [1.54, 1.807) is 0 Å². The molecule has 0 spiro atoms. The first-order valence-corrected chi connectivity index (χ1v) is 7.17. The highest BCUT2D eigenvalue weighted by Crippen LogP contribution is 2.36. The highest BCUT2D eigenvalue weighted by atomic mass is 35.5. The third-order valence-electron chi connectivity index (χ3n) is 2.73. The van der Waals surface area contributed by atoms with Crippen LogP contribution in [-0.2, 0) is 11.9 Å². The maximum atomic E-state index is 13.1. The van der Waals surface area contributed by atoms with Gasteiger partial charge in [-0.05, 0) is 42.0 Å². The van der Waals surface area contributed by atoms with Crippen molar-refractivity contribution >= 4 is 29.1 Å². The fourth-order valence-corrected chi connectivity index (χ4v) is 2.87. The topological polar surface area (TPSA) is 26.0 Å². The smallest absolute Gasteiger partial charge is 0.398 e. The summed E-state index contributed by atoms with van der Waals surface area (Å²) in [5.41, 5.74) is 5.41. The van der Waals surface area contributed by atoms with Gasteiger partial charge in [-0.2, -0.15) is 13.2 Å². The second kappa shape index (κ2) is 6.15. The summed E-state index contributed by atoms with van der Waals surface area (Å²) in [6.45, 7) is 0. The van der Waals surface area contributed by atoms with Crippen LogP contribution in [0.1, 0.15) is 11.1 Å². The van der Waals surface area contributed by atoms with Gasteiger partial charge in [0.25, 0.3) is 0 Å². The molecule has 0 amide bonds. The van der Waals surface area contributed by atoms with Gasteiger partial charge in [0, 0.05) is 21.4 Å². The summed E-state index contributed by atoms with van der Waals surface area (Å²) >= 11 is 7.13. The van der Waals surface area contributed by atoms with Crippen LogP contribution >= 0.6 is 23.4 Å². The highest BCUT2D eigenvalue weighted by Gasteiger charge is 2.30. The normalized spacial score (nSPS) is 11.7. The van der Waals surface area contributed by atoms with E-state index in [0.717, 1.165) is 12.1 Å². The van der Waals surface area contributed by atoms with Gasteiger partial charge >= 0.3 is 6.18 Å². The van der Waals surface area contributed by atoms with Crippen molar-refractivity contribution in [3.8, 4) is 0 Å². The van der Waals surface area contributed by atoms with Crippen molar-refractivity contribution < 1.29 is 17.6 Å². The standard InChI is InChI=1S/C14H10ClF4NS/c15-11-3-2-10(16)5-8(11)7-21-13-4-1-9(6-12(13)20)14(17,18)19/h1-6H,7,20H2. The Labute approximate surface area is 128 Å². The van der Waals surface area contributed by atoms with Crippen LogP contribution in [-0.4, -0.2) is 0 Å². The average molecular weight is 336 g/mol. The van der Waals surface area contributed by atoms with E-state index in [4.69, 9.17) is 17.3 Å². The molecule has 0 bridgehead atoms. The number of hydrogen-bond donors (Lipinski definition) is 1. The van der Waals surface area contributed by atoms with Crippen LogP contribution in [0.15, 0.2) is 41.3 Å². The van der Waals surface area contributed by atoms with Crippen LogP contribution in [0.4, 0.5) is 23.2 Å². The molecule has 0 aliphatic heterocycles. The lowest BCUT2D eigenvalue weighted by atomic mass is 10.2. The molecule has 2 rings (SSSR count). The minimum atomic E-state index is -4.43. The first-order chi connectivity index (χ1) is 9.77. The minimum absolute atomic E-state index is 0.0300. The Morgan fingerprint density at radius 3 is 2.43 bits per heavy atom. The number of thioether (sulfide) groups is 1. The number of alkyl halides is 3. The second-order valence-corrected chi connectivity index (χ2v) is 5.70.